The van der Waals surface area contributed by atoms with Crippen molar-refractivity contribution in [3.8, 4) is 0 Å². The number of ether oxygens (including phenoxy) is 3. The predicted octanol–water partition coefficient (Wildman–Crippen LogP) is 17.6. The zero-order valence-electron chi connectivity index (χ0n) is 42.0. The fraction of sp³-hybridized carbons (Fsp3) is 0.945. The third-order valence-electron chi connectivity index (χ3n) is 12.4. The summed E-state index contributed by atoms with van der Waals surface area (Å²) in [6.45, 7) is 13.7. The van der Waals surface area contributed by atoms with Gasteiger partial charge in [0, 0.05) is 19.3 Å². The predicted molar refractivity (Wildman–Crippen MR) is 261 cm³/mol. The Kier molecular flexibility index (Phi) is 45.2. The minimum Gasteiger partial charge on any atom is -0.462 e. The third-order valence-corrected chi connectivity index (χ3v) is 12.4. The Hall–Kier alpha value is -1.59. The first-order chi connectivity index (χ1) is 29.6. The van der Waals surface area contributed by atoms with E-state index >= 15 is 0 Å². The quantitative estimate of drug-likeness (QED) is 0.0344. The Labute approximate surface area is 380 Å². The molecule has 0 unspecified atom stereocenters. The van der Waals surface area contributed by atoms with E-state index in [0.29, 0.717) is 19.3 Å². The second kappa shape index (κ2) is 46.4. The molecular weight excluding hydrogens is 757 g/mol. The summed E-state index contributed by atoms with van der Waals surface area (Å²) in [6, 6.07) is 0. The van der Waals surface area contributed by atoms with Gasteiger partial charge < -0.3 is 14.2 Å². The monoisotopic (exact) mass is 863 g/mol. The summed E-state index contributed by atoms with van der Waals surface area (Å²) in [5.74, 6) is 1.58. The Balaban J connectivity index is 4.19. The summed E-state index contributed by atoms with van der Waals surface area (Å²) in [4.78, 5) is 37.9. The van der Waals surface area contributed by atoms with Crippen molar-refractivity contribution in [2.45, 2.75) is 304 Å². The Morgan fingerprint density at radius 1 is 0.279 bits per heavy atom. The number of rotatable bonds is 48. The van der Waals surface area contributed by atoms with Crippen molar-refractivity contribution in [2.75, 3.05) is 13.2 Å². The van der Waals surface area contributed by atoms with E-state index in [0.717, 1.165) is 75.5 Å². The van der Waals surface area contributed by atoms with Crippen molar-refractivity contribution in [1.29, 1.82) is 0 Å². The van der Waals surface area contributed by atoms with E-state index in [1.54, 1.807) is 0 Å². The van der Waals surface area contributed by atoms with E-state index in [-0.39, 0.29) is 31.1 Å². The van der Waals surface area contributed by atoms with E-state index in [2.05, 4.69) is 41.5 Å². The molecule has 0 aromatic carbocycles. The normalized spacial score (nSPS) is 12.1. The van der Waals surface area contributed by atoms with Crippen molar-refractivity contribution in [3.05, 3.63) is 0 Å². The minimum atomic E-state index is -0.763. The summed E-state index contributed by atoms with van der Waals surface area (Å²) in [5, 5.41) is 0. The van der Waals surface area contributed by atoms with Gasteiger partial charge in [0.15, 0.2) is 6.10 Å². The highest BCUT2D eigenvalue weighted by Crippen LogP contribution is 2.18. The molecule has 0 fully saturated rings. The smallest absolute Gasteiger partial charge is 0.306 e. The molecule has 61 heavy (non-hydrogen) atoms. The summed E-state index contributed by atoms with van der Waals surface area (Å²) < 4.78 is 16.8. The largest absolute Gasteiger partial charge is 0.462 e. The lowest BCUT2D eigenvalue weighted by Crippen LogP contribution is -2.30. The van der Waals surface area contributed by atoms with E-state index in [4.69, 9.17) is 14.2 Å². The third kappa shape index (κ3) is 49.3. The highest BCUT2D eigenvalue weighted by molar-refractivity contribution is 5.71. The molecule has 0 saturated heterocycles. The molecule has 362 valence electrons. The zero-order chi connectivity index (χ0) is 44.9. The summed E-state index contributed by atoms with van der Waals surface area (Å²) >= 11 is 0. The highest BCUT2D eigenvalue weighted by atomic mass is 16.6. The van der Waals surface area contributed by atoms with E-state index in [1.807, 2.05) is 0 Å². The van der Waals surface area contributed by atoms with Gasteiger partial charge in [-0.1, -0.05) is 260 Å². The molecule has 0 amide bonds. The Morgan fingerprint density at radius 3 is 0.705 bits per heavy atom. The van der Waals surface area contributed by atoms with Crippen LogP contribution >= 0.6 is 0 Å². The first-order valence-corrected chi connectivity index (χ1v) is 27.1. The molecule has 1 atom stereocenters. The highest BCUT2D eigenvalue weighted by Gasteiger charge is 2.19. The average molecular weight is 863 g/mol. The maximum Gasteiger partial charge on any atom is 0.306 e. The molecule has 0 rings (SSSR count). The number of unbranched alkanes of at least 4 members (excludes halogenated alkanes) is 31. The zero-order valence-corrected chi connectivity index (χ0v) is 42.0. The summed E-state index contributed by atoms with van der Waals surface area (Å²) in [6.07, 6.45) is 46.9. The molecule has 0 aromatic rings. The van der Waals surface area contributed by atoms with Gasteiger partial charge in [-0.25, -0.2) is 0 Å². The van der Waals surface area contributed by atoms with Gasteiger partial charge >= 0.3 is 17.9 Å². The van der Waals surface area contributed by atoms with E-state index < -0.39 is 6.10 Å². The summed E-state index contributed by atoms with van der Waals surface area (Å²) in [5.41, 5.74) is 0. The Morgan fingerprint density at radius 2 is 0.475 bits per heavy atom. The maximum absolute atomic E-state index is 12.8. The van der Waals surface area contributed by atoms with Gasteiger partial charge in [0.1, 0.15) is 13.2 Å². The molecule has 0 N–H and O–H groups in total. The van der Waals surface area contributed by atoms with Crippen LogP contribution in [-0.2, 0) is 28.6 Å². The van der Waals surface area contributed by atoms with Crippen LogP contribution in [0.1, 0.15) is 298 Å². The lowest BCUT2D eigenvalue weighted by Gasteiger charge is -2.18. The molecule has 0 saturated carbocycles. The topological polar surface area (TPSA) is 78.9 Å². The fourth-order valence-electron chi connectivity index (χ4n) is 8.29. The van der Waals surface area contributed by atoms with Crippen molar-refractivity contribution in [3.63, 3.8) is 0 Å². The number of carbonyl (C=O) groups is 3. The molecular formula is C55H106O6. The van der Waals surface area contributed by atoms with Crippen molar-refractivity contribution >= 4 is 17.9 Å². The number of esters is 3. The van der Waals surface area contributed by atoms with Gasteiger partial charge in [-0.05, 0) is 37.0 Å². The second-order valence-corrected chi connectivity index (χ2v) is 20.3. The SMILES string of the molecule is CC(C)CCCCCCCCCCCCCCCCCCCCC(=O)OC[C@H](COC(=O)CCCCCCCCC(C)C)OC(=O)CCCCCCCCCCCCC(C)C. The molecule has 0 spiro atoms. The first-order valence-electron chi connectivity index (χ1n) is 27.1. The minimum absolute atomic E-state index is 0.0651. The number of hydrogen-bond acceptors (Lipinski definition) is 6. The lowest BCUT2D eigenvalue weighted by molar-refractivity contribution is -0.167. The van der Waals surface area contributed by atoms with Crippen molar-refractivity contribution in [2.24, 2.45) is 17.8 Å². The molecule has 0 aliphatic rings. The number of hydrogen-bond donors (Lipinski definition) is 0. The molecule has 6 nitrogen and oxygen atoms in total. The fourth-order valence-corrected chi connectivity index (χ4v) is 8.29. The molecule has 0 aliphatic heterocycles. The van der Waals surface area contributed by atoms with Crippen LogP contribution in [0.5, 0.6) is 0 Å². The van der Waals surface area contributed by atoms with Crippen LogP contribution in [0.25, 0.3) is 0 Å². The molecule has 6 heteroatoms. The van der Waals surface area contributed by atoms with Crippen molar-refractivity contribution in [1.82, 2.24) is 0 Å². The van der Waals surface area contributed by atoms with Gasteiger partial charge in [-0.2, -0.15) is 0 Å². The van der Waals surface area contributed by atoms with E-state index in [1.165, 1.54) is 180 Å². The van der Waals surface area contributed by atoms with Gasteiger partial charge in [0.25, 0.3) is 0 Å². The maximum atomic E-state index is 12.8. The van der Waals surface area contributed by atoms with Crippen LogP contribution in [-0.4, -0.2) is 37.2 Å². The van der Waals surface area contributed by atoms with Crippen LogP contribution in [0.4, 0.5) is 0 Å². The van der Waals surface area contributed by atoms with Crippen LogP contribution in [0.3, 0.4) is 0 Å². The molecule has 0 aromatic heterocycles. The van der Waals surface area contributed by atoms with Gasteiger partial charge in [-0.15, -0.1) is 0 Å². The molecule has 0 bridgehead atoms. The van der Waals surface area contributed by atoms with Crippen LogP contribution in [0.2, 0.25) is 0 Å². The molecule has 0 heterocycles. The van der Waals surface area contributed by atoms with E-state index in [9.17, 15) is 14.4 Å². The van der Waals surface area contributed by atoms with Gasteiger partial charge in [0.2, 0.25) is 0 Å². The van der Waals surface area contributed by atoms with Crippen molar-refractivity contribution < 1.29 is 28.6 Å². The van der Waals surface area contributed by atoms with Crippen LogP contribution in [0, 0.1) is 17.8 Å². The van der Waals surface area contributed by atoms with Crippen LogP contribution < -0.4 is 0 Å². The Bertz CT molecular complexity index is 945. The lowest BCUT2D eigenvalue weighted by atomic mass is 10.0. The van der Waals surface area contributed by atoms with Crippen LogP contribution in [0.15, 0.2) is 0 Å². The second-order valence-electron chi connectivity index (χ2n) is 20.3. The summed E-state index contributed by atoms with van der Waals surface area (Å²) in [7, 11) is 0. The first kappa shape index (κ1) is 59.4. The number of carbonyl (C=O) groups excluding carboxylic acids is 3. The van der Waals surface area contributed by atoms with Gasteiger partial charge in [-0.3, -0.25) is 14.4 Å². The molecule has 0 radical (unpaired) electrons. The standard InChI is InChI=1S/C55H106O6/c1-49(2)41-35-29-23-19-15-13-11-9-7-8-10-12-14-16-21-25-32-38-44-53(56)59-47-52(48-60-54(57)45-39-33-28-27-31-37-43-51(5)6)61-55(58)46-40-34-26-22-18-17-20-24-30-36-42-50(3)4/h49-52H,7-48H2,1-6H3/t52-/m1/s1. The molecule has 0 aliphatic carbocycles. The van der Waals surface area contributed by atoms with Gasteiger partial charge in [0.05, 0.1) is 0 Å². The average Bonchev–Trinajstić information content (AvgIpc) is 3.22.